The van der Waals surface area contributed by atoms with Crippen LogP contribution in [0, 0.1) is 0 Å². The molecule has 1 saturated heterocycles. The molecule has 0 aliphatic carbocycles. The van der Waals surface area contributed by atoms with Gasteiger partial charge >= 0.3 is 12.1 Å². The average Bonchev–Trinajstić information content (AvgIpc) is 2.66. The summed E-state index contributed by atoms with van der Waals surface area (Å²) in [5.74, 6) is -1.86. The lowest BCUT2D eigenvalue weighted by Crippen LogP contribution is -2.58. The van der Waals surface area contributed by atoms with E-state index in [1.807, 2.05) is 0 Å². The molecule has 0 aromatic carbocycles. The van der Waals surface area contributed by atoms with Crippen molar-refractivity contribution in [2.24, 2.45) is 5.73 Å². The Morgan fingerprint density at radius 3 is 2.30 bits per heavy atom. The van der Waals surface area contributed by atoms with Crippen molar-refractivity contribution in [1.82, 2.24) is 4.90 Å². The normalized spacial score (nSPS) is 26.4. The minimum atomic E-state index is -1.43. The summed E-state index contributed by atoms with van der Waals surface area (Å²) in [6.07, 6.45) is -0.214. The smallest absolute Gasteiger partial charge is 0.411 e. The summed E-state index contributed by atoms with van der Waals surface area (Å²) in [4.78, 5) is 36.4. The lowest BCUT2D eigenvalue weighted by molar-refractivity contribution is -0.151. The summed E-state index contributed by atoms with van der Waals surface area (Å²) >= 11 is 0. The molecule has 7 heteroatoms. The number of amides is 2. The van der Waals surface area contributed by atoms with Gasteiger partial charge in [0.15, 0.2) is 0 Å². The fraction of sp³-hybridized carbons (Fsp3) is 0.769. The second kappa shape index (κ2) is 5.30. The Morgan fingerprint density at radius 2 is 1.95 bits per heavy atom. The molecule has 0 aromatic rings. The summed E-state index contributed by atoms with van der Waals surface area (Å²) in [5.41, 5.74) is 3.08. The van der Waals surface area contributed by atoms with Crippen molar-refractivity contribution in [3.8, 4) is 0 Å². The first-order valence-corrected chi connectivity index (χ1v) is 6.60. The molecule has 1 rings (SSSR count). The molecule has 2 amide bonds. The maximum atomic E-state index is 12.3. The van der Waals surface area contributed by atoms with Gasteiger partial charge in [0.2, 0.25) is 5.91 Å². The number of carboxylic acids is 1. The number of aliphatic carboxylic acids is 1. The first-order valence-electron chi connectivity index (χ1n) is 6.60. The number of primary amides is 1. The number of ether oxygens (including phenoxy) is 1. The van der Waals surface area contributed by atoms with Gasteiger partial charge in [-0.2, -0.15) is 0 Å². The third kappa shape index (κ3) is 2.86. The van der Waals surface area contributed by atoms with Crippen LogP contribution in [0.4, 0.5) is 4.79 Å². The van der Waals surface area contributed by atoms with Crippen LogP contribution in [0.5, 0.6) is 0 Å². The number of hydrogen-bond acceptors (Lipinski definition) is 4. The highest BCUT2D eigenvalue weighted by Gasteiger charge is 2.56. The highest BCUT2D eigenvalue weighted by Crippen LogP contribution is 2.38. The molecule has 1 heterocycles. The van der Waals surface area contributed by atoms with Gasteiger partial charge in [0.1, 0.15) is 17.2 Å². The quantitative estimate of drug-likeness (QED) is 0.807. The minimum absolute atomic E-state index is 0.186. The largest absolute Gasteiger partial charge is 0.479 e. The molecule has 114 valence electrons. The lowest BCUT2D eigenvalue weighted by atomic mass is 9.93. The van der Waals surface area contributed by atoms with Crippen molar-refractivity contribution in [1.29, 1.82) is 0 Å². The molecule has 0 bridgehead atoms. The zero-order chi connectivity index (χ0) is 15.7. The second-order valence-electron chi connectivity index (χ2n) is 6.00. The predicted molar refractivity (Wildman–Crippen MR) is 70.9 cm³/mol. The van der Waals surface area contributed by atoms with E-state index >= 15 is 0 Å². The molecule has 1 aliphatic heterocycles. The maximum Gasteiger partial charge on any atom is 0.411 e. The minimum Gasteiger partial charge on any atom is -0.479 e. The van der Waals surface area contributed by atoms with Gasteiger partial charge in [-0.05, 0) is 40.0 Å². The monoisotopic (exact) mass is 286 g/mol. The number of nitrogens with two attached hydrogens (primary N) is 1. The molecule has 1 fully saturated rings. The molecule has 2 atom stereocenters. The van der Waals surface area contributed by atoms with Crippen molar-refractivity contribution >= 4 is 18.0 Å². The molecule has 3 N–H and O–H groups in total. The first kappa shape index (κ1) is 16.3. The van der Waals surface area contributed by atoms with Crippen molar-refractivity contribution in [2.75, 3.05) is 0 Å². The van der Waals surface area contributed by atoms with Crippen LogP contribution in [0.15, 0.2) is 0 Å². The highest BCUT2D eigenvalue weighted by atomic mass is 16.6. The Morgan fingerprint density at radius 1 is 1.40 bits per heavy atom. The van der Waals surface area contributed by atoms with E-state index in [1.54, 1.807) is 27.7 Å². The maximum absolute atomic E-state index is 12.3. The molecule has 0 saturated carbocycles. The molecule has 1 aliphatic rings. The second-order valence-corrected chi connectivity index (χ2v) is 6.00. The number of carbonyl (C=O) groups is 3. The van der Waals surface area contributed by atoms with Crippen molar-refractivity contribution < 1.29 is 24.2 Å². The fourth-order valence-corrected chi connectivity index (χ4v) is 2.51. The number of likely N-dealkylation sites (tertiary alicyclic amines) is 1. The zero-order valence-corrected chi connectivity index (χ0v) is 12.3. The average molecular weight is 286 g/mol. The van der Waals surface area contributed by atoms with E-state index in [4.69, 9.17) is 10.5 Å². The Balaban J connectivity index is 3.19. The van der Waals surface area contributed by atoms with Crippen LogP contribution in [0.25, 0.3) is 0 Å². The topological polar surface area (TPSA) is 110 Å². The van der Waals surface area contributed by atoms with E-state index in [0.29, 0.717) is 0 Å². The zero-order valence-electron chi connectivity index (χ0n) is 12.3. The standard InChI is InChI=1S/C13H22N2O5/c1-5-13(10(17)18)7-6-8(9(14)16)15(13)11(19)20-12(2,3)4/h8H,5-7H2,1-4H3,(H2,14,16)(H,17,18)/t8-,13+/m1/s1. The van der Waals surface area contributed by atoms with Gasteiger partial charge in [-0.1, -0.05) is 6.92 Å². The van der Waals surface area contributed by atoms with Crippen LogP contribution in [0.3, 0.4) is 0 Å². The molecule has 0 unspecified atom stereocenters. The molecular formula is C13H22N2O5. The molecule has 0 radical (unpaired) electrons. The van der Waals surface area contributed by atoms with Crippen LogP contribution in [-0.2, 0) is 14.3 Å². The van der Waals surface area contributed by atoms with Gasteiger partial charge < -0.3 is 15.6 Å². The van der Waals surface area contributed by atoms with Gasteiger partial charge in [0.05, 0.1) is 0 Å². The van der Waals surface area contributed by atoms with E-state index in [9.17, 15) is 19.5 Å². The number of nitrogens with zero attached hydrogens (tertiary/aromatic N) is 1. The van der Waals surface area contributed by atoms with Crippen molar-refractivity contribution in [3.63, 3.8) is 0 Å². The third-order valence-electron chi connectivity index (χ3n) is 3.51. The number of rotatable bonds is 3. The van der Waals surface area contributed by atoms with Gasteiger partial charge in [-0.3, -0.25) is 9.69 Å². The molecule has 7 nitrogen and oxygen atoms in total. The Hall–Kier alpha value is -1.79. The summed E-state index contributed by atoms with van der Waals surface area (Å²) in [6, 6.07) is -0.944. The lowest BCUT2D eigenvalue weighted by Gasteiger charge is -2.37. The Bertz CT molecular complexity index is 429. The molecule has 0 spiro atoms. The van der Waals surface area contributed by atoms with E-state index in [0.717, 1.165) is 4.90 Å². The molecular weight excluding hydrogens is 264 g/mol. The SMILES string of the molecule is CC[C@@]1(C(=O)O)CC[C@H](C(N)=O)N1C(=O)OC(C)(C)C. The van der Waals surface area contributed by atoms with Gasteiger partial charge in [0.25, 0.3) is 0 Å². The summed E-state index contributed by atoms with van der Waals surface area (Å²) < 4.78 is 5.23. The van der Waals surface area contributed by atoms with Gasteiger partial charge in [0, 0.05) is 0 Å². The Kier molecular flexibility index (Phi) is 4.31. The van der Waals surface area contributed by atoms with Crippen LogP contribution in [0.1, 0.15) is 47.0 Å². The van der Waals surface area contributed by atoms with E-state index < -0.39 is 35.2 Å². The van der Waals surface area contributed by atoms with Crippen molar-refractivity contribution in [2.45, 2.75) is 64.1 Å². The van der Waals surface area contributed by atoms with Gasteiger partial charge in [-0.15, -0.1) is 0 Å². The fourth-order valence-electron chi connectivity index (χ4n) is 2.51. The first-order chi connectivity index (χ1) is 9.05. The van der Waals surface area contributed by atoms with Crippen LogP contribution in [0.2, 0.25) is 0 Å². The van der Waals surface area contributed by atoms with Gasteiger partial charge in [-0.25, -0.2) is 9.59 Å². The highest BCUT2D eigenvalue weighted by molar-refractivity contribution is 5.91. The van der Waals surface area contributed by atoms with Crippen LogP contribution >= 0.6 is 0 Å². The Labute approximate surface area is 118 Å². The summed E-state index contributed by atoms with van der Waals surface area (Å²) in [6.45, 7) is 6.69. The summed E-state index contributed by atoms with van der Waals surface area (Å²) in [5, 5.41) is 9.48. The predicted octanol–water partition coefficient (Wildman–Crippen LogP) is 1.10. The van der Waals surface area contributed by atoms with E-state index in [2.05, 4.69) is 0 Å². The van der Waals surface area contributed by atoms with Crippen LogP contribution < -0.4 is 5.73 Å². The number of carboxylic acid groups (broad SMARTS) is 1. The van der Waals surface area contributed by atoms with E-state index in [1.165, 1.54) is 0 Å². The number of hydrogen-bond donors (Lipinski definition) is 2. The third-order valence-corrected chi connectivity index (χ3v) is 3.51. The van der Waals surface area contributed by atoms with E-state index in [-0.39, 0.29) is 19.3 Å². The van der Waals surface area contributed by atoms with Crippen LogP contribution in [-0.4, -0.2) is 45.2 Å². The number of carbonyl (C=O) groups excluding carboxylic acids is 2. The summed E-state index contributed by atoms with van der Waals surface area (Å²) in [7, 11) is 0. The molecule has 20 heavy (non-hydrogen) atoms. The van der Waals surface area contributed by atoms with Crippen molar-refractivity contribution in [3.05, 3.63) is 0 Å². The molecule has 0 aromatic heterocycles.